The molecule has 2 atom stereocenters. The van der Waals surface area contributed by atoms with Crippen molar-refractivity contribution in [3.05, 3.63) is 0 Å². The molecule has 0 bridgehead atoms. The highest BCUT2D eigenvalue weighted by atomic mass is 16.3. The van der Waals surface area contributed by atoms with E-state index >= 15 is 0 Å². The van der Waals surface area contributed by atoms with E-state index in [0.717, 1.165) is 19.5 Å². The van der Waals surface area contributed by atoms with Gasteiger partial charge in [-0.25, -0.2) is 0 Å². The minimum absolute atomic E-state index is 0.221. The summed E-state index contributed by atoms with van der Waals surface area (Å²) >= 11 is 0. The fourth-order valence-corrected chi connectivity index (χ4v) is 2.67. The first kappa shape index (κ1) is 13.9. The van der Waals surface area contributed by atoms with Gasteiger partial charge >= 0.3 is 0 Å². The molecule has 0 aliphatic carbocycles. The van der Waals surface area contributed by atoms with Crippen LogP contribution in [-0.2, 0) is 0 Å². The molecule has 0 aromatic rings. The van der Waals surface area contributed by atoms with Crippen LogP contribution in [-0.4, -0.2) is 59.3 Å². The van der Waals surface area contributed by atoms with Crippen LogP contribution in [0.5, 0.6) is 0 Å². The molecule has 16 heavy (non-hydrogen) atoms. The van der Waals surface area contributed by atoms with Crippen molar-refractivity contribution in [3.8, 4) is 0 Å². The third kappa shape index (κ3) is 3.44. The summed E-state index contributed by atoms with van der Waals surface area (Å²) in [6.45, 7) is 11.7. The van der Waals surface area contributed by atoms with Crippen LogP contribution >= 0.6 is 0 Å². The molecule has 0 aromatic carbocycles. The van der Waals surface area contributed by atoms with Gasteiger partial charge in [-0.3, -0.25) is 4.90 Å². The average molecular weight is 228 g/mol. The number of nitrogens with zero attached hydrogens (tertiary/aromatic N) is 2. The second kappa shape index (κ2) is 5.48. The topological polar surface area (TPSA) is 26.7 Å². The summed E-state index contributed by atoms with van der Waals surface area (Å²) in [5.41, 5.74) is 0.221. The maximum Gasteiger partial charge on any atom is 0.0446 e. The smallest absolute Gasteiger partial charge is 0.0446 e. The number of aliphatic hydroxyl groups excluding tert-OH is 1. The second-order valence-corrected chi connectivity index (χ2v) is 6.11. The van der Waals surface area contributed by atoms with Gasteiger partial charge in [0.05, 0.1) is 0 Å². The highest BCUT2D eigenvalue weighted by Gasteiger charge is 2.32. The van der Waals surface area contributed by atoms with Gasteiger partial charge in [-0.2, -0.15) is 0 Å². The van der Waals surface area contributed by atoms with Crippen molar-refractivity contribution in [2.75, 3.05) is 26.7 Å². The molecule has 0 radical (unpaired) electrons. The lowest BCUT2D eigenvalue weighted by Crippen LogP contribution is -2.50. The van der Waals surface area contributed by atoms with E-state index in [1.807, 2.05) is 0 Å². The van der Waals surface area contributed by atoms with Crippen LogP contribution in [0.3, 0.4) is 0 Å². The molecule has 1 fully saturated rings. The Morgan fingerprint density at radius 3 is 2.44 bits per heavy atom. The van der Waals surface area contributed by atoms with Crippen molar-refractivity contribution in [2.45, 2.75) is 58.2 Å². The Morgan fingerprint density at radius 1 is 1.31 bits per heavy atom. The molecule has 0 spiro atoms. The van der Waals surface area contributed by atoms with Crippen LogP contribution in [0.25, 0.3) is 0 Å². The molecular formula is C13H28N2O. The van der Waals surface area contributed by atoms with Crippen LogP contribution in [0, 0.1) is 0 Å². The lowest BCUT2D eigenvalue weighted by molar-refractivity contribution is 0.0742. The third-order valence-corrected chi connectivity index (χ3v) is 3.79. The average Bonchev–Trinajstić information content (AvgIpc) is 2.30. The van der Waals surface area contributed by atoms with Crippen molar-refractivity contribution in [3.63, 3.8) is 0 Å². The summed E-state index contributed by atoms with van der Waals surface area (Å²) in [5, 5.41) is 9.14. The van der Waals surface area contributed by atoms with Crippen molar-refractivity contribution in [2.24, 2.45) is 0 Å². The molecule has 3 nitrogen and oxygen atoms in total. The zero-order valence-corrected chi connectivity index (χ0v) is 11.5. The molecule has 1 aliphatic heterocycles. The van der Waals surface area contributed by atoms with Gasteiger partial charge in [0.25, 0.3) is 0 Å². The summed E-state index contributed by atoms with van der Waals surface area (Å²) < 4.78 is 0. The Bertz CT molecular complexity index is 212. The van der Waals surface area contributed by atoms with E-state index in [-0.39, 0.29) is 5.54 Å². The second-order valence-electron chi connectivity index (χ2n) is 6.11. The molecule has 0 amide bonds. The molecule has 0 saturated carbocycles. The first-order valence-corrected chi connectivity index (χ1v) is 6.44. The Labute approximate surface area is 100 Å². The summed E-state index contributed by atoms with van der Waals surface area (Å²) in [6.07, 6.45) is 2.10. The maximum atomic E-state index is 9.14. The van der Waals surface area contributed by atoms with Crippen LogP contribution in [0.4, 0.5) is 0 Å². The molecule has 0 aromatic heterocycles. The Morgan fingerprint density at radius 2 is 1.94 bits per heavy atom. The Balaban J connectivity index is 2.76. The lowest BCUT2D eigenvalue weighted by atomic mass is 10.0. The Hall–Kier alpha value is -0.120. The number of likely N-dealkylation sites (N-methyl/N-ethyl adjacent to an activating group) is 1. The monoisotopic (exact) mass is 228 g/mol. The summed E-state index contributed by atoms with van der Waals surface area (Å²) in [5.74, 6) is 0. The van der Waals surface area contributed by atoms with Gasteiger partial charge in [-0.15, -0.1) is 0 Å². The molecule has 3 heteroatoms. The molecule has 1 aliphatic rings. The van der Waals surface area contributed by atoms with Crippen molar-refractivity contribution in [1.29, 1.82) is 0 Å². The lowest BCUT2D eigenvalue weighted by Gasteiger charge is -2.40. The summed E-state index contributed by atoms with van der Waals surface area (Å²) in [4.78, 5) is 4.98. The fraction of sp³-hybridized carbons (Fsp3) is 1.00. The molecule has 96 valence electrons. The van der Waals surface area contributed by atoms with E-state index in [2.05, 4.69) is 44.5 Å². The molecule has 1 N–H and O–H groups in total. The van der Waals surface area contributed by atoms with Crippen molar-refractivity contribution < 1.29 is 5.11 Å². The van der Waals surface area contributed by atoms with Crippen molar-refractivity contribution >= 4 is 0 Å². The molecule has 2 unspecified atom stereocenters. The fourth-order valence-electron chi connectivity index (χ4n) is 2.67. The Kier molecular flexibility index (Phi) is 4.77. The molecule has 1 heterocycles. The first-order valence-electron chi connectivity index (χ1n) is 6.44. The van der Waals surface area contributed by atoms with Gasteiger partial charge in [-0.1, -0.05) is 0 Å². The van der Waals surface area contributed by atoms with E-state index in [9.17, 15) is 0 Å². The molecular weight excluding hydrogens is 200 g/mol. The minimum atomic E-state index is 0.221. The third-order valence-electron chi connectivity index (χ3n) is 3.79. The van der Waals surface area contributed by atoms with Gasteiger partial charge in [0, 0.05) is 30.8 Å². The SMILES string of the molecule is CC1CCN(C)C(CCO)CN1C(C)(C)C. The van der Waals surface area contributed by atoms with Crippen LogP contribution < -0.4 is 0 Å². The normalized spacial score (nSPS) is 30.4. The van der Waals surface area contributed by atoms with E-state index in [0.29, 0.717) is 18.7 Å². The maximum absolute atomic E-state index is 9.14. The number of aliphatic hydroxyl groups is 1. The van der Waals surface area contributed by atoms with Crippen LogP contribution in [0.1, 0.15) is 40.5 Å². The summed E-state index contributed by atoms with van der Waals surface area (Å²) in [6, 6.07) is 1.13. The predicted molar refractivity (Wildman–Crippen MR) is 68.7 cm³/mol. The van der Waals surface area contributed by atoms with E-state index in [1.165, 1.54) is 6.42 Å². The minimum Gasteiger partial charge on any atom is -0.396 e. The van der Waals surface area contributed by atoms with Gasteiger partial charge in [0.15, 0.2) is 0 Å². The van der Waals surface area contributed by atoms with E-state index in [4.69, 9.17) is 5.11 Å². The number of rotatable bonds is 2. The highest BCUT2D eigenvalue weighted by molar-refractivity contribution is 4.88. The van der Waals surface area contributed by atoms with Gasteiger partial charge in [0.2, 0.25) is 0 Å². The quantitative estimate of drug-likeness (QED) is 0.777. The molecule has 1 rings (SSSR count). The molecule has 1 saturated heterocycles. The highest BCUT2D eigenvalue weighted by Crippen LogP contribution is 2.24. The van der Waals surface area contributed by atoms with E-state index < -0.39 is 0 Å². The van der Waals surface area contributed by atoms with Gasteiger partial charge in [0.1, 0.15) is 0 Å². The first-order chi connectivity index (χ1) is 7.36. The summed E-state index contributed by atoms with van der Waals surface area (Å²) in [7, 11) is 2.18. The number of hydrogen-bond donors (Lipinski definition) is 1. The number of hydrogen-bond acceptors (Lipinski definition) is 3. The zero-order chi connectivity index (χ0) is 12.3. The van der Waals surface area contributed by atoms with E-state index in [1.54, 1.807) is 0 Å². The van der Waals surface area contributed by atoms with Crippen LogP contribution in [0.15, 0.2) is 0 Å². The van der Waals surface area contributed by atoms with Crippen molar-refractivity contribution in [1.82, 2.24) is 9.80 Å². The predicted octanol–water partition coefficient (Wildman–Crippen LogP) is 1.56. The standard InChI is InChI=1S/C13H28N2O/c1-11-6-8-14(5)12(7-9-16)10-15(11)13(2,3)4/h11-12,16H,6-10H2,1-5H3. The zero-order valence-electron chi connectivity index (χ0n) is 11.5. The van der Waals surface area contributed by atoms with Gasteiger partial charge < -0.3 is 10.0 Å². The largest absolute Gasteiger partial charge is 0.396 e. The van der Waals surface area contributed by atoms with Gasteiger partial charge in [-0.05, 0) is 54.1 Å². The van der Waals surface area contributed by atoms with Crippen LogP contribution in [0.2, 0.25) is 0 Å².